The minimum atomic E-state index is -1.97. The highest BCUT2D eigenvalue weighted by Gasteiger charge is 2.50. The second-order valence-corrected chi connectivity index (χ2v) is 13.5. The number of benzene rings is 2. The lowest BCUT2D eigenvalue weighted by molar-refractivity contribution is -0.182. The van der Waals surface area contributed by atoms with E-state index in [1.54, 1.807) is 58.9 Å². The molecule has 3 heterocycles. The molecule has 1 aliphatic rings. The maximum absolute atomic E-state index is 16.1. The quantitative estimate of drug-likeness (QED) is 0.0918. The molecule has 5 rings (SSSR count). The van der Waals surface area contributed by atoms with Crippen molar-refractivity contribution in [1.82, 2.24) is 19.5 Å². The van der Waals surface area contributed by atoms with Gasteiger partial charge in [0, 0.05) is 12.3 Å². The molecule has 1 aliphatic heterocycles. The first-order valence-electron chi connectivity index (χ1n) is 16.3. The fraction of sp³-hybridized carbons (Fsp3) is 0.444. The van der Waals surface area contributed by atoms with Crippen molar-refractivity contribution >= 4 is 46.4 Å². The highest BCUT2D eigenvalue weighted by atomic mass is 35.5. The lowest BCUT2D eigenvalue weighted by Crippen LogP contribution is -2.52. The molecular weight excluding hydrogens is 669 g/mol. The summed E-state index contributed by atoms with van der Waals surface area (Å²) in [5.41, 5.74) is -1.02. The number of amides is 1. The number of anilines is 1. The summed E-state index contributed by atoms with van der Waals surface area (Å²) in [6.45, 7) is 9.61. The molecule has 1 unspecified atom stereocenters. The number of alkyl halides is 1. The molecule has 14 heteroatoms. The normalized spacial score (nSPS) is 20.3. The van der Waals surface area contributed by atoms with Crippen molar-refractivity contribution in [2.45, 2.75) is 84.2 Å². The number of imidazole rings is 1. The number of fused-ring (bicyclic) bond motifs is 1. The Morgan fingerprint density at radius 2 is 1.66 bits per heavy atom. The molecule has 1 amide bonds. The van der Waals surface area contributed by atoms with E-state index in [0.29, 0.717) is 5.56 Å². The van der Waals surface area contributed by atoms with Crippen molar-refractivity contribution < 1.29 is 37.7 Å². The third-order valence-corrected chi connectivity index (χ3v) is 8.51. The topological polar surface area (TPSA) is 135 Å². The Morgan fingerprint density at radius 3 is 2.26 bits per heavy atom. The predicted octanol–water partition coefficient (Wildman–Crippen LogP) is 6.44. The Kier molecular flexibility index (Phi) is 11.2. The largest absolute Gasteiger partial charge is 0.463 e. The molecule has 50 heavy (non-hydrogen) atoms. The van der Waals surface area contributed by atoms with E-state index in [1.807, 2.05) is 36.4 Å². The number of halogens is 2. The van der Waals surface area contributed by atoms with Gasteiger partial charge in [-0.15, -0.1) is 0 Å². The van der Waals surface area contributed by atoms with Crippen molar-refractivity contribution in [3.05, 3.63) is 83.4 Å². The minimum Gasteiger partial charge on any atom is -0.463 e. The van der Waals surface area contributed by atoms with Crippen molar-refractivity contribution in [3.8, 4) is 0 Å². The average molecular weight is 710 g/mol. The van der Waals surface area contributed by atoms with Gasteiger partial charge in [0.05, 0.1) is 32.2 Å². The number of carbonyl (C=O) groups excluding carboxylic acids is 3. The fourth-order valence-corrected chi connectivity index (χ4v) is 5.88. The maximum Gasteiger partial charge on any atom is 0.416 e. The number of rotatable bonds is 12. The van der Waals surface area contributed by atoms with Gasteiger partial charge in [-0.05, 0) is 57.3 Å². The molecule has 4 aromatic rings. The molecule has 0 radical (unpaired) electrons. The van der Waals surface area contributed by atoms with E-state index in [1.165, 1.54) is 22.7 Å². The van der Waals surface area contributed by atoms with Crippen LogP contribution in [-0.2, 0) is 41.5 Å². The van der Waals surface area contributed by atoms with Crippen LogP contribution in [0.1, 0.15) is 58.9 Å². The molecule has 2 aromatic carbocycles. The van der Waals surface area contributed by atoms with Gasteiger partial charge in [0.1, 0.15) is 5.60 Å². The Balaban J connectivity index is 1.45. The van der Waals surface area contributed by atoms with Gasteiger partial charge in [0.25, 0.3) is 0 Å². The summed E-state index contributed by atoms with van der Waals surface area (Å²) in [6, 6.07) is 18.2. The third-order valence-electron chi connectivity index (χ3n) is 8.34. The molecule has 0 N–H and O–H groups in total. The van der Waals surface area contributed by atoms with Crippen molar-refractivity contribution in [1.29, 1.82) is 0 Å². The molecule has 12 nitrogen and oxygen atoms in total. The Morgan fingerprint density at radius 1 is 1.02 bits per heavy atom. The van der Waals surface area contributed by atoms with Gasteiger partial charge >= 0.3 is 12.1 Å². The molecule has 0 aliphatic carbocycles. The highest BCUT2D eigenvalue weighted by molar-refractivity contribution is 6.28. The zero-order valence-corrected chi connectivity index (χ0v) is 29.6. The smallest absolute Gasteiger partial charge is 0.416 e. The van der Waals surface area contributed by atoms with E-state index < -0.39 is 53.5 Å². The second kappa shape index (κ2) is 15.2. The molecular formula is C36H41ClFN5O7. The van der Waals surface area contributed by atoms with E-state index in [2.05, 4.69) is 15.0 Å². The van der Waals surface area contributed by atoms with Crippen LogP contribution in [0.25, 0.3) is 11.2 Å². The SMILES string of the molecule is CCOC(=O)C(Cc1ccccc1)(OC[C@H]1O[C@@H](n2cnc3c(N(Cc4ccccc4)C(=O)OC(C)(C)C)nc(Cl)nc32)[C@@H](F)[C@@H]1C)C(C)=O. The van der Waals surface area contributed by atoms with E-state index in [4.69, 9.17) is 30.5 Å². The van der Waals surface area contributed by atoms with Gasteiger partial charge in [-0.1, -0.05) is 67.6 Å². The lowest BCUT2D eigenvalue weighted by atomic mass is 9.90. The third kappa shape index (κ3) is 7.95. The van der Waals surface area contributed by atoms with Crippen molar-refractivity contribution in [3.63, 3.8) is 0 Å². The predicted molar refractivity (Wildman–Crippen MR) is 183 cm³/mol. The molecule has 1 saturated heterocycles. The molecule has 2 aromatic heterocycles. The first kappa shape index (κ1) is 36.8. The number of nitrogens with zero attached hydrogens (tertiary/aromatic N) is 5. The number of ketones is 1. The van der Waals surface area contributed by atoms with Crippen LogP contribution in [0.15, 0.2) is 67.0 Å². The number of esters is 1. The van der Waals surface area contributed by atoms with Gasteiger partial charge in [0.2, 0.25) is 10.9 Å². The highest BCUT2D eigenvalue weighted by Crippen LogP contribution is 2.39. The number of hydrogen-bond donors (Lipinski definition) is 0. The molecule has 266 valence electrons. The first-order valence-corrected chi connectivity index (χ1v) is 16.7. The van der Waals surface area contributed by atoms with Crippen LogP contribution >= 0.6 is 11.6 Å². The Hall–Kier alpha value is -4.46. The van der Waals surface area contributed by atoms with Crippen LogP contribution in [-0.4, -0.2) is 74.1 Å². The lowest BCUT2D eigenvalue weighted by Gasteiger charge is -2.31. The van der Waals surface area contributed by atoms with Gasteiger partial charge in [-0.3, -0.25) is 14.3 Å². The summed E-state index contributed by atoms with van der Waals surface area (Å²) >= 11 is 6.42. The first-order chi connectivity index (χ1) is 23.7. The Bertz CT molecular complexity index is 1820. The van der Waals surface area contributed by atoms with E-state index in [0.717, 1.165) is 5.56 Å². The Labute approximate surface area is 294 Å². The zero-order chi connectivity index (χ0) is 36.2. The summed E-state index contributed by atoms with van der Waals surface area (Å²) in [7, 11) is 0. The molecule has 1 fully saturated rings. The summed E-state index contributed by atoms with van der Waals surface area (Å²) < 4.78 is 40.8. The molecule has 5 atom stereocenters. The van der Waals surface area contributed by atoms with Crippen LogP contribution in [0.5, 0.6) is 0 Å². The fourth-order valence-electron chi connectivity index (χ4n) is 5.72. The number of hydrogen-bond acceptors (Lipinski definition) is 10. The molecule has 0 spiro atoms. The second-order valence-electron chi connectivity index (χ2n) is 13.1. The van der Waals surface area contributed by atoms with Crippen LogP contribution < -0.4 is 4.90 Å². The van der Waals surface area contributed by atoms with E-state index >= 15 is 4.39 Å². The zero-order valence-electron chi connectivity index (χ0n) is 28.8. The van der Waals surface area contributed by atoms with Gasteiger partial charge in [0.15, 0.2) is 35.2 Å². The average Bonchev–Trinajstić information content (AvgIpc) is 3.61. The number of ether oxygens (including phenoxy) is 4. The van der Waals surface area contributed by atoms with Crippen LogP contribution in [0, 0.1) is 5.92 Å². The van der Waals surface area contributed by atoms with Crippen molar-refractivity contribution in [2.75, 3.05) is 18.1 Å². The van der Waals surface area contributed by atoms with E-state index in [9.17, 15) is 14.4 Å². The number of carbonyl (C=O) groups is 3. The van der Waals surface area contributed by atoms with Crippen LogP contribution in [0.4, 0.5) is 15.0 Å². The molecule has 0 bridgehead atoms. The van der Waals surface area contributed by atoms with Gasteiger partial charge < -0.3 is 18.9 Å². The van der Waals surface area contributed by atoms with Crippen molar-refractivity contribution in [2.24, 2.45) is 5.92 Å². The minimum absolute atomic E-state index is 0.0355. The summed E-state index contributed by atoms with van der Waals surface area (Å²) in [5, 5.41) is -0.209. The number of aromatic nitrogens is 4. The monoisotopic (exact) mass is 709 g/mol. The van der Waals surface area contributed by atoms with Gasteiger partial charge in [-0.25, -0.2) is 19.0 Å². The van der Waals surface area contributed by atoms with E-state index in [-0.39, 0.29) is 48.4 Å². The summed E-state index contributed by atoms with van der Waals surface area (Å²) in [6.07, 6.45) is -3.14. The number of Topliss-reactive ketones (excluding diaryl/α,β-unsaturated/α-hetero) is 1. The maximum atomic E-state index is 16.1. The summed E-state index contributed by atoms with van der Waals surface area (Å²) in [4.78, 5) is 54.3. The summed E-state index contributed by atoms with van der Waals surface area (Å²) in [5.74, 6) is -2.06. The van der Waals surface area contributed by atoms with Crippen LogP contribution in [0.2, 0.25) is 5.28 Å². The van der Waals surface area contributed by atoms with Gasteiger partial charge in [-0.2, -0.15) is 9.97 Å². The van der Waals surface area contributed by atoms with Crippen LogP contribution in [0.3, 0.4) is 0 Å². The standard InChI is InChI=1S/C36H41ClFN5O7/c1-7-47-32(45)36(23(3)44,18-24-14-10-8-11-15-24)48-20-26-22(2)27(38)31(49-26)43-21-39-28-29(40-33(37)41-30(28)43)42(34(46)50-35(4,5)6)19-25-16-12-9-13-17-25/h8-17,21-22,26-27,31H,7,18-20H2,1-6H3/t22-,26-,27+,31-,36?/m1/s1. The molecule has 0 saturated carbocycles.